The lowest BCUT2D eigenvalue weighted by molar-refractivity contribution is 0.897. The van der Waals surface area contributed by atoms with Gasteiger partial charge >= 0.3 is 0 Å². The number of para-hydroxylation sites is 3. The molecule has 0 fully saturated rings. The summed E-state index contributed by atoms with van der Waals surface area (Å²) < 4.78 is 3.06. The number of nitrogens with two attached hydrogens (primary N) is 1. The highest BCUT2D eigenvalue weighted by atomic mass is 16.1. The Morgan fingerprint density at radius 1 is 0.767 bits per heavy atom. The van der Waals surface area contributed by atoms with Crippen molar-refractivity contribution >= 4 is 28.5 Å². The molecule has 7 heteroatoms. The van der Waals surface area contributed by atoms with Gasteiger partial charge in [-0.25, -0.2) is 9.25 Å². The molecule has 0 spiro atoms. The van der Waals surface area contributed by atoms with E-state index in [9.17, 15) is 4.79 Å². The van der Waals surface area contributed by atoms with Crippen molar-refractivity contribution in [2.75, 3.05) is 11.1 Å². The van der Waals surface area contributed by atoms with Gasteiger partial charge < -0.3 is 11.1 Å². The number of nitrogen functional groups attached to an aromatic ring is 1. The summed E-state index contributed by atoms with van der Waals surface area (Å²) in [5, 5.41) is 8.02. The molecular weight excluding hydrogens is 376 g/mol. The van der Waals surface area contributed by atoms with Crippen LogP contribution in [0, 0.1) is 0 Å². The molecule has 5 aromatic rings. The van der Waals surface area contributed by atoms with Crippen LogP contribution in [0.5, 0.6) is 0 Å². The normalized spacial score (nSPS) is 10.9. The molecule has 7 nitrogen and oxygen atoms in total. The van der Waals surface area contributed by atoms with E-state index >= 15 is 0 Å². The van der Waals surface area contributed by atoms with Gasteiger partial charge in [0.2, 0.25) is 5.95 Å². The predicted molar refractivity (Wildman–Crippen MR) is 119 cm³/mol. The highest BCUT2D eigenvalue weighted by Crippen LogP contribution is 2.24. The van der Waals surface area contributed by atoms with E-state index in [4.69, 9.17) is 5.73 Å². The quantitative estimate of drug-likeness (QED) is 0.482. The molecular formula is C23H18N6O. The van der Waals surface area contributed by atoms with Crippen molar-refractivity contribution in [1.29, 1.82) is 0 Å². The van der Waals surface area contributed by atoms with Gasteiger partial charge in [0.05, 0.1) is 11.4 Å². The van der Waals surface area contributed by atoms with Crippen LogP contribution in [-0.4, -0.2) is 19.3 Å². The number of nitrogens with zero attached hydrogens (tertiary/aromatic N) is 4. The standard InChI is InChI=1S/C23H18N6O/c24-20-19-21(27-29(20)18-14-8-3-9-15-18)26-23(25-16-10-4-1-5-11-16)28(22(19)30)17-12-6-2-7-13-17/h1-15H,24H2,(H,25,26,27). The SMILES string of the molecule is Nc1c2c(=O)n(-c3ccccc3)c(Nc3ccccc3)nc2nn1-c1ccccc1. The van der Waals surface area contributed by atoms with Crippen LogP contribution >= 0.6 is 0 Å². The average Bonchev–Trinajstić information content (AvgIpc) is 3.12. The minimum Gasteiger partial charge on any atom is -0.383 e. The number of benzene rings is 3. The second-order valence-corrected chi connectivity index (χ2v) is 6.73. The van der Waals surface area contributed by atoms with Gasteiger partial charge in [-0.3, -0.25) is 4.79 Å². The Morgan fingerprint density at radius 3 is 1.97 bits per heavy atom. The lowest BCUT2D eigenvalue weighted by atomic mass is 10.3. The molecule has 0 atom stereocenters. The van der Waals surface area contributed by atoms with Crippen LogP contribution in [0.3, 0.4) is 0 Å². The van der Waals surface area contributed by atoms with Crippen LogP contribution in [0.25, 0.3) is 22.4 Å². The maximum atomic E-state index is 13.6. The number of fused-ring (bicyclic) bond motifs is 1. The highest BCUT2D eigenvalue weighted by Gasteiger charge is 2.20. The second kappa shape index (κ2) is 7.21. The summed E-state index contributed by atoms with van der Waals surface area (Å²) in [7, 11) is 0. The fraction of sp³-hybridized carbons (Fsp3) is 0. The van der Waals surface area contributed by atoms with Crippen molar-refractivity contribution in [2.24, 2.45) is 0 Å². The van der Waals surface area contributed by atoms with Gasteiger partial charge in [-0.05, 0) is 36.4 Å². The number of rotatable bonds is 4. The zero-order valence-corrected chi connectivity index (χ0v) is 15.9. The van der Waals surface area contributed by atoms with E-state index in [0.717, 1.165) is 11.4 Å². The van der Waals surface area contributed by atoms with Crippen molar-refractivity contribution in [1.82, 2.24) is 19.3 Å². The summed E-state index contributed by atoms with van der Waals surface area (Å²) in [6, 6.07) is 28.3. The lowest BCUT2D eigenvalue weighted by Gasteiger charge is -2.13. The third-order valence-electron chi connectivity index (χ3n) is 4.79. The number of anilines is 3. The summed E-state index contributed by atoms with van der Waals surface area (Å²) >= 11 is 0. The van der Waals surface area contributed by atoms with E-state index in [2.05, 4.69) is 15.4 Å². The molecule has 2 aromatic heterocycles. The Morgan fingerprint density at radius 2 is 1.33 bits per heavy atom. The average molecular weight is 394 g/mol. The van der Waals surface area contributed by atoms with Gasteiger partial charge in [0.1, 0.15) is 11.2 Å². The van der Waals surface area contributed by atoms with Crippen molar-refractivity contribution in [3.05, 3.63) is 101 Å². The molecule has 3 aromatic carbocycles. The minimum absolute atomic E-state index is 0.254. The monoisotopic (exact) mass is 394 g/mol. The predicted octanol–water partition coefficient (Wildman–Crippen LogP) is 3.90. The van der Waals surface area contributed by atoms with Gasteiger partial charge in [-0.15, -0.1) is 5.10 Å². The fourth-order valence-electron chi connectivity index (χ4n) is 3.38. The van der Waals surface area contributed by atoms with E-state index in [0.29, 0.717) is 11.6 Å². The smallest absolute Gasteiger partial charge is 0.272 e. The van der Waals surface area contributed by atoms with Crippen LogP contribution in [0.1, 0.15) is 0 Å². The maximum Gasteiger partial charge on any atom is 0.272 e. The zero-order chi connectivity index (χ0) is 20.5. The minimum atomic E-state index is -0.288. The molecule has 0 unspecified atom stereocenters. The van der Waals surface area contributed by atoms with Gasteiger partial charge in [0, 0.05) is 5.69 Å². The number of aromatic nitrogens is 4. The summed E-state index contributed by atoms with van der Waals surface area (Å²) in [5.41, 5.74) is 8.60. The van der Waals surface area contributed by atoms with Crippen LogP contribution in [-0.2, 0) is 0 Å². The molecule has 2 heterocycles. The Hall–Kier alpha value is -4.39. The van der Waals surface area contributed by atoms with Crippen LogP contribution in [0.15, 0.2) is 95.8 Å². The fourth-order valence-corrected chi connectivity index (χ4v) is 3.38. The van der Waals surface area contributed by atoms with E-state index < -0.39 is 0 Å². The van der Waals surface area contributed by atoms with E-state index in [1.807, 2.05) is 91.0 Å². The van der Waals surface area contributed by atoms with Crippen LogP contribution < -0.4 is 16.6 Å². The molecule has 0 aliphatic rings. The Bertz CT molecular complexity index is 1380. The first kappa shape index (κ1) is 17.7. The highest BCUT2D eigenvalue weighted by molar-refractivity contribution is 5.88. The van der Waals surface area contributed by atoms with Crippen molar-refractivity contribution in [3.8, 4) is 11.4 Å². The Balaban J connectivity index is 1.78. The second-order valence-electron chi connectivity index (χ2n) is 6.73. The summed E-state index contributed by atoms with van der Waals surface area (Å²) in [4.78, 5) is 18.2. The van der Waals surface area contributed by atoms with E-state index in [1.165, 1.54) is 4.57 Å². The molecule has 3 N–H and O–H groups in total. The summed E-state index contributed by atoms with van der Waals surface area (Å²) in [5.74, 6) is 0.618. The molecule has 0 aliphatic heterocycles. The maximum absolute atomic E-state index is 13.6. The Labute approximate surface area is 172 Å². The third-order valence-corrected chi connectivity index (χ3v) is 4.79. The first-order valence-electron chi connectivity index (χ1n) is 9.46. The number of hydrogen-bond acceptors (Lipinski definition) is 5. The molecule has 30 heavy (non-hydrogen) atoms. The van der Waals surface area contributed by atoms with Gasteiger partial charge in [-0.1, -0.05) is 54.6 Å². The zero-order valence-electron chi connectivity index (χ0n) is 15.9. The lowest BCUT2D eigenvalue weighted by Crippen LogP contribution is -2.23. The first-order valence-corrected chi connectivity index (χ1v) is 9.46. The van der Waals surface area contributed by atoms with Crippen molar-refractivity contribution in [3.63, 3.8) is 0 Å². The molecule has 0 aliphatic carbocycles. The molecule has 0 bridgehead atoms. The topological polar surface area (TPSA) is 90.8 Å². The molecule has 0 radical (unpaired) electrons. The molecule has 146 valence electrons. The van der Waals surface area contributed by atoms with Crippen molar-refractivity contribution < 1.29 is 0 Å². The van der Waals surface area contributed by atoms with Crippen LogP contribution in [0.2, 0.25) is 0 Å². The van der Waals surface area contributed by atoms with Gasteiger partial charge in [0.15, 0.2) is 5.65 Å². The third kappa shape index (κ3) is 2.98. The molecule has 5 rings (SSSR count). The summed E-state index contributed by atoms with van der Waals surface area (Å²) in [6.45, 7) is 0. The summed E-state index contributed by atoms with van der Waals surface area (Å²) in [6.07, 6.45) is 0. The van der Waals surface area contributed by atoms with Crippen LogP contribution in [0.4, 0.5) is 17.5 Å². The largest absolute Gasteiger partial charge is 0.383 e. The Kier molecular flexibility index (Phi) is 4.25. The molecule has 0 amide bonds. The van der Waals surface area contributed by atoms with Crippen molar-refractivity contribution in [2.45, 2.75) is 0 Å². The van der Waals surface area contributed by atoms with Gasteiger partial charge in [0.25, 0.3) is 5.56 Å². The number of hydrogen-bond donors (Lipinski definition) is 2. The van der Waals surface area contributed by atoms with E-state index in [-0.39, 0.29) is 22.4 Å². The molecule has 0 saturated carbocycles. The van der Waals surface area contributed by atoms with Gasteiger partial charge in [-0.2, -0.15) is 4.98 Å². The number of nitrogens with one attached hydrogen (secondary N) is 1. The van der Waals surface area contributed by atoms with E-state index in [1.54, 1.807) is 4.68 Å². The molecule has 0 saturated heterocycles. The first-order chi connectivity index (χ1) is 14.7.